The number of aryl methyl sites for hydroxylation is 1. The first kappa shape index (κ1) is 23.4. The summed E-state index contributed by atoms with van der Waals surface area (Å²) in [5, 5.41) is 4.91. The SMILES string of the molecule is CCn1c(SCC(=O)N/N=C/c2ccc(OC)c(OCc3ccccc3)c2)nc2ccccc21. The minimum atomic E-state index is -0.204. The van der Waals surface area contributed by atoms with E-state index in [1.54, 1.807) is 13.3 Å². The summed E-state index contributed by atoms with van der Waals surface area (Å²) in [7, 11) is 1.60. The van der Waals surface area contributed by atoms with Crippen molar-refractivity contribution < 1.29 is 14.3 Å². The fourth-order valence-corrected chi connectivity index (χ4v) is 4.30. The Morgan fingerprint density at radius 1 is 1.09 bits per heavy atom. The molecule has 1 aromatic heterocycles. The van der Waals surface area contributed by atoms with E-state index < -0.39 is 0 Å². The van der Waals surface area contributed by atoms with Gasteiger partial charge in [-0.25, -0.2) is 10.4 Å². The Labute approximate surface area is 202 Å². The Kier molecular flexibility index (Phi) is 7.83. The summed E-state index contributed by atoms with van der Waals surface area (Å²) in [5.74, 6) is 1.25. The lowest BCUT2D eigenvalue weighted by molar-refractivity contribution is -0.118. The van der Waals surface area contributed by atoms with Crippen LogP contribution in [0.25, 0.3) is 11.0 Å². The maximum Gasteiger partial charge on any atom is 0.250 e. The third-order valence-corrected chi connectivity index (χ3v) is 6.07. The van der Waals surface area contributed by atoms with Crippen LogP contribution in [0.1, 0.15) is 18.1 Å². The molecule has 0 aliphatic heterocycles. The standard InChI is InChI=1S/C26H26N4O3S/c1-3-30-22-12-8-7-11-21(22)28-26(30)34-18-25(31)29-27-16-20-13-14-23(32-2)24(15-20)33-17-19-9-5-4-6-10-19/h4-16H,3,17-18H2,1-2H3,(H,29,31)/b27-16+. The summed E-state index contributed by atoms with van der Waals surface area (Å²) in [6, 6.07) is 23.4. The predicted molar refractivity (Wildman–Crippen MR) is 136 cm³/mol. The zero-order chi connectivity index (χ0) is 23.8. The molecule has 4 aromatic rings. The van der Waals surface area contributed by atoms with E-state index >= 15 is 0 Å². The Bertz CT molecular complexity index is 1290. The van der Waals surface area contributed by atoms with Gasteiger partial charge < -0.3 is 14.0 Å². The number of benzene rings is 3. The van der Waals surface area contributed by atoms with Crippen LogP contribution in [-0.4, -0.2) is 34.5 Å². The van der Waals surface area contributed by atoms with Crippen LogP contribution < -0.4 is 14.9 Å². The number of nitrogens with zero attached hydrogens (tertiary/aromatic N) is 3. The van der Waals surface area contributed by atoms with E-state index in [0.29, 0.717) is 18.1 Å². The highest BCUT2D eigenvalue weighted by atomic mass is 32.2. The van der Waals surface area contributed by atoms with Gasteiger partial charge in [0.15, 0.2) is 16.7 Å². The molecule has 3 aromatic carbocycles. The molecular weight excluding hydrogens is 448 g/mol. The number of rotatable bonds is 10. The number of ether oxygens (including phenoxy) is 2. The molecule has 1 heterocycles. The van der Waals surface area contributed by atoms with E-state index in [1.165, 1.54) is 11.8 Å². The van der Waals surface area contributed by atoms with Gasteiger partial charge in [-0.3, -0.25) is 4.79 Å². The van der Waals surface area contributed by atoms with E-state index in [1.807, 2.05) is 72.8 Å². The van der Waals surface area contributed by atoms with Gasteiger partial charge in [-0.1, -0.05) is 54.2 Å². The number of thioether (sulfide) groups is 1. The summed E-state index contributed by atoms with van der Waals surface area (Å²) in [5.41, 5.74) is 6.41. The van der Waals surface area contributed by atoms with Gasteiger partial charge in [-0.2, -0.15) is 5.10 Å². The lowest BCUT2D eigenvalue weighted by atomic mass is 10.2. The Balaban J connectivity index is 1.34. The lowest BCUT2D eigenvalue weighted by Crippen LogP contribution is -2.20. The number of amides is 1. The summed E-state index contributed by atoms with van der Waals surface area (Å²) in [6.45, 7) is 3.28. The number of fused-ring (bicyclic) bond motifs is 1. The highest BCUT2D eigenvalue weighted by molar-refractivity contribution is 7.99. The van der Waals surface area contributed by atoms with Crippen molar-refractivity contribution in [1.29, 1.82) is 0 Å². The Morgan fingerprint density at radius 2 is 1.88 bits per heavy atom. The van der Waals surface area contributed by atoms with Crippen LogP contribution in [0, 0.1) is 0 Å². The summed E-state index contributed by atoms with van der Waals surface area (Å²) < 4.78 is 13.4. The number of nitrogens with one attached hydrogen (secondary N) is 1. The molecule has 34 heavy (non-hydrogen) atoms. The first-order chi connectivity index (χ1) is 16.7. The van der Waals surface area contributed by atoms with Crippen molar-refractivity contribution in [2.45, 2.75) is 25.2 Å². The average Bonchev–Trinajstić information content (AvgIpc) is 3.24. The molecule has 0 unspecified atom stereocenters. The van der Waals surface area contributed by atoms with E-state index in [4.69, 9.17) is 9.47 Å². The third-order valence-electron chi connectivity index (χ3n) is 5.10. The molecule has 0 spiro atoms. The van der Waals surface area contributed by atoms with Crippen molar-refractivity contribution >= 4 is 34.9 Å². The Morgan fingerprint density at radius 3 is 2.68 bits per heavy atom. The number of para-hydroxylation sites is 2. The van der Waals surface area contributed by atoms with Crippen LogP contribution in [0.15, 0.2) is 83.1 Å². The average molecular weight is 475 g/mol. The molecule has 0 fully saturated rings. The number of methoxy groups -OCH3 is 1. The monoisotopic (exact) mass is 474 g/mol. The molecule has 0 saturated carbocycles. The molecule has 0 aliphatic carbocycles. The van der Waals surface area contributed by atoms with Gasteiger partial charge in [0.25, 0.3) is 5.91 Å². The molecule has 1 N–H and O–H groups in total. The van der Waals surface area contributed by atoms with E-state index in [-0.39, 0.29) is 11.7 Å². The second kappa shape index (κ2) is 11.4. The van der Waals surface area contributed by atoms with Crippen LogP contribution in [0.3, 0.4) is 0 Å². The maximum absolute atomic E-state index is 12.3. The highest BCUT2D eigenvalue weighted by Gasteiger charge is 2.11. The molecule has 0 bridgehead atoms. The highest BCUT2D eigenvalue weighted by Crippen LogP contribution is 2.28. The fraction of sp³-hybridized carbons (Fsp3) is 0.192. The van der Waals surface area contributed by atoms with Crippen molar-refractivity contribution in [3.05, 3.63) is 83.9 Å². The quantitative estimate of drug-likeness (QED) is 0.201. The van der Waals surface area contributed by atoms with Gasteiger partial charge in [0.1, 0.15) is 6.61 Å². The molecule has 4 rings (SSSR count). The number of hydrogen-bond acceptors (Lipinski definition) is 6. The van der Waals surface area contributed by atoms with Crippen molar-refractivity contribution in [2.75, 3.05) is 12.9 Å². The van der Waals surface area contributed by atoms with Gasteiger partial charge >= 0.3 is 0 Å². The van der Waals surface area contributed by atoms with Crippen LogP contribution in [0.4, 0.5) is 0 Å². The molecule has 8 heteroatoms. The second-order valence-corrected chi connectivity index (χ2v) is 8.34. The smallest absolute Gasteiger partial charge is 0.250 e. The summed E-state index contributed by atoms with van der Waals surface area (Å²) in [6.07, 6.45) is 1.58. The largest absolute Gasteiger partial charge is 0.493 e. The molecule has 1 amide bonds. The van der Waals surface area contributed by atoms with Gasteiger partial charge in [0.05, 0.1) is 30.1 Å². The number of aromatic nitrogens is 2. The number of hydrogen-bond donors (Lipinski definition) is 1. The molecular formula is C26H26N4O3S. The molecule has 0 atom stereocenters. The van der Waals surface area contributed by atoms with Crippen LogP contribution in [-0.2, 0) is 17.9 Å². The van der Waals surface area contributed by atoms with Crippen molar-refractivity contribution in [3.8, 4) is 11.5 Å². The zero-order valence-electron chi connectivity index (χ0n) is 19.1. The lowest BCUT2D eigenvalue weighted by Gasteiger charge is -2.11. The number of carbonyl (C=O) groups is 1. The minimum absolute atomic E-state index is 0.204. The van der Waals surface area contributed by atoms with Gasteiger partial charge in [-0.15, -0.1) is 0 Å². The van der Waals surface area contributed by atoms with Crippen molar-refractivity contribution in [3.63, 3.8) is 0 Å². The van der Waals surface area contributed by atoms with Crippen LogP contribution >= 0.6 is 11.8 Å². The Hall–Kier alpha value is -3.78. The normalized spacial score (nSPS) is 11.1. The second-order valence-electron chi connectivity index (χ2n) is 7.39. The van der Waals surface area contributed by atoms with Gasteiger partial charge in [0, 0.05) is 6.54 Å². The number of imidazole rings is 1. The molecule has 174 valence electrons. The number of hydrazone groups is 1. The van der Waals surface area contributed by atoms with Crippen LogP contribution in [0.5, 0.6) is 11.5 Å². The van der Waals surface area contributed by atoms with Crippen molar-refractivity contribution in [2.24, 2.45) is 5.10 Å². The van der Waals surface area contributed by atoms with E-state index in [2.05, 4.69) is 27.0 Å². The van der Waals surface area contributed by atoms with Crippen molar-refractivity contribution in [1.82, 2.24) is 15.0 Å². The minimum Gasteiger partial charge on any atom is -0.493 e. The van der Waals surface area contributed by atoms with E-state index in [0.717, 1.165) is 33.9 Å². The van der Waals surface area contributed by atoms with Crippen LogP contribution in [0.2, 0.25) is 0 Å². The molecule has 0 aliphatic rings. The summed E-state index contributed by atoms with van der Waals surface area (Å²) in [4.78, 5) is 17.0. The first-order valence-electron chi connectivity index (χ1n) is 10.9. The van der Waals surface area contributed by atoms with E-state index in [9.17, 15) is 4.79 Å². The first-order valence-corrected chi connectivity index (χ1v) is 11.9. The maximum atomic E-state index is 12.3. The zero-order valence-corrected chi connectivity index (χ0v) is 19.9. The topological polar surface area (TPSA) is 77.7 Å². The number of carbonyl (C=O) groups excluding carboxylic acids is 1. The third kappa shape index (κ3) is 5.77. The summed E-state index contributed by atoms with van der Waals surface area (Å²) >= 11 is 1.39. The molecule has 0 saturated heterocycles. The van der Waals surface area contributed by atoms with Gasteiger partial charge in [-0.05, 0) is 48.4 Å². The fourth-order valence-electron chi connectivity index (χ4n) is 3.43. The van der Waals surface area contributed by atoms with Gasteiger partial charge in [0.2, 0.25) is 0 Å². The molecule has 0 radical (unpaired) electrons. The predicted octanol–water partition coefficient (Wildman–Crippen LogP) is 4.89. The molecule has 7 nitrogen and oxygen atoms in total.